The van der Waals surface area contributed by atoms with Crippen molar-refractivity contribution in [2.75, 3.05) is 0 Å². The lowest BCUT2D eigenvalue weighted by atomic mass is 9.91. The van der Waals surface area contributed by atoms with Gasteiger partial charge in [0.05, 0.1) is 12.2 Å². The Balaban J connectivity index is 1.71. The van der Waals surface area contributed by atoms with E-state index in [1.165, 1.54) is 12.8 Å². The molecule has 1 aromatic heterocycles. The molecule has 0 bridgehead atoms. The van der Waals surface area contributed by atoms with Crippen LogP contribution in [0.3, 0.4) is 0 Å². The molecule has 1 aliphatic heterocycles. The van der Waals surface area contributed by atoms with E-state index < -0.39 is 5.54 Å². The Morgan fingerprint density at radius 2 is 1.85 bits per heavy atom. The zero-order valence-electron chi connectivity index (χ0n) is 20.2. The minimum atomic E-state index is -1.07. The highest BCUT2D eigenvalue weighted by Crippen LogP contribution is 2.33. The maximum Gasteiger partial charge on any atom is 0.273 e. The smallest absolute Gasteiger partial charge is 0.273 e. The van der Waals surface area contributed by atoms with Gasteiger partial charge in [0.25, 0.3) is 5.91 Å². The minimum absolute atomic E-state index is 0.117. The molecule has 7 heteroatoms. The Hall–Kier alpha value is -2.34. The Labute approximate surface area is 201 Å². The molecule has 2 heterocycles. The van der Waals surface area contributed by atoms with Crippen LogP contribution < -0.4 is 5.32 Å². The third kappa shape index (κ3) is 4.81. The zero-order chi connectivity index (χ0) is 23.8. The first-order valence-electron chi connectivity index (χ1n) is 12.0. The SMILES string of the molecule is CC(C)(C)c1cc2n(n1)CC(C)(C(=O)NC1CCCCCC1)N(Cc1ccccc1Cl)C2=O. The first-order chi connectivity index (χ1) is 15.6. The van der Waals surface area contributed by atoms with Crippen LogP contribution in [0.2, 0.25) is 5.02 Å². The number of benzene rings is 1. The number of fused-ring (bicyclic) bond motifs is 1. The summed E-state index contributed by atoms with van der Waals surface area (Å²) in [6.45, 7) is 8.66. The topological polar surface area (TPSA) is 67.2 Å². The van der Waals surface area contributed by atoms with Crippen LogP contribution in [0.4, 0.5) is 0 Å². The summed E-state index contributed by atoms with van der Waals surface area (Å²) in [5.74, 6) is -0.309. The number of hydrogen-bond acceptors (Lipinski definition) is 3. The van der Waals surface area contributed by atoms with E-state index >= 15 is 0 Å². The number of aromatic nitrogens is 2. The van der Waals surface area contributed by atoms with Crippen molar-refractivity contribution in [1.29, 1.82) is 0 Å². The molecule has 178 valence electrons. The summed E-state index contributed by atoms with van der Waals surface area (Å²) >= 11 is 6.45. The van der Waals surface area contributed by atoms with Gasteiger partial charge in [0.15, 0.2) is 0 Å². The van der Waals surface area contributed by atoms with Gasteiger partial charge in [-0.25, -0.2) is 0 Å². The molecule has 1 saturated carbocycles. The van der Waals surface area contributed by atoms with Crippen LogP contribution in [0.1, 0.15) is 88.0 Å². The van der Waals surface area contributed by atoms with E-state index in [2.05, 4.69) is 26.1 Å². The van der Waals surface area contributed by atoms with Gasteiger partial charge in [-0.3, -0.25) is 14.3 Å². The van der Waals surface area contributed by atoms with Gasteiger partial charge in [-0.1, -0.05) is 76.3 Å². The number of rotatable bonds is 4. The number of nitrogens with one attached hydrogen (secondary N) is 1. The van der Waals surface area contributed by atoms with E-state index in [1.807, 2.05) is 37.3 Å². The molecule has 1 aromatic carbocycles. The van der Waals surface area contributed by atoms with Gasteiger partial charge in [-0.2, -0.15) is 5.10 Å². The van der Waals surface area contributed by atoms with Crippen LogP contribution in [-0.4, -0.2) is 38.1 Å². The van der Waals surface area contributed by atoms with E-state index in [4.69, 9.17) is 16.7 Å². The number of carbonyl (C=O) groups excluding carboxylic acids is 2. The monoisotopic (exact) mass is 470 g/mol. The average molecular weight is 471 g/mol. The lowest BCUT2D eigenvalue weighted by Crippen LogP contribution is -2.64. The van der Waals surface area contributed by atoms with Crippen LogP contribution in [0.5, 0.6) is 0 Å². The van der Waals surface area contributed by atoms with E-state index in [0.29, 0.717) is 17.3 Å². The fraction of sp³-hybridized carbons (Fsp3) is 0.577. The molecular formula is C26H35ClN4O2. The first kappa shape index (κ1) is 23.8. The van der Waals surface area contributed by atoms with Crippen molar-refractivity contribution >= 4 is 23.4 Å². The summed E-state index contributed by atoms with van der Waals surface area (Å²) in [5, 5.41) is 8.60. The Morgan fingerprint density at radius 3 is 2.48 bits per heavy atom. The molecule has 6 nitrogen and oxygen atoms in total. The predicted molar refractivity (Wildman–Crippen MR) is 130 cm³/mol. The summed E-state index contributed by atoms with van der Waals surface area (Å²) in [6, 6.07) is 9.51. The highest BCUT2D eigenvalue weighted by atomic mass is 35.5. The van der Waals surface area contributed by atoms with Crippen LogP contribution in [0, 0.1) is 0 Å². The van der Waals surface area contributed by atoms with Crippen molar-refractivity contribution in [1.82, 2.24) is 20.0 Å². The molecule has 2 amide bonds. The molecule has 2 aromatic rings. The lowest BCUT2D eigenvalue weighted by molar-refractivity contribution is -0.134. The minimum Gasteiger partial charge on any atom is -0.351 e. The van der Waals surface area contributed by atoms with Gasteiger partial charge in [0, 0.05) is 23.0 Å². The zero-order valence-corrected chi connectivity index (χ0v) is 20.9. The van der Waals surface area contributed by atoms with Crippen LogP contribution >= 0.6 is 11.6 Å². The van der Waals surface area contributed by atoms with Crippen molar-refractivity contribution in [3.05, 3.63) is 52.3 Å². The molecule has 4 rings (SSSR count). The normalized spacial score (nSPS) is 22.1. The second-order valence-electron chi connectivity index (χ2n) is 10.7. The Kier molecular flexibility index (Phi) is 6.59. The van der Waals surface area contributed by atoms with E-state index in [-0.39, 0.29) is 29.8 Å². The van der Waals surface area contributed by atoms with Crippen LogP contribution in [0.25, 0.3) is 0 Å². The quantitative estimate of drug-likeness (QED) is 0.633. The van der Waals surface area contributed by atoms with Crippen LogP contribution in [0.15, 0.2) is 30.3 Å². The van der Waals surface area contributed by atoms with Crippen LogP contribution in [-0.2, 0) is 23.3 Å². The Morgan fingerprint density at radius 1 is 1.18 bits per heavy atom. The van der Waals surface area contributed by atoms with E-state index in [9.17, 15) is 9.59 Å². The Bertz CT molecular complexity index is 1030. The number of amides is 2. The molecule has 1 aliphatic carbocycles. The molecule has 0 saturated heterocycles. The number of halogens is 1. The lowest BCUT2D eigenvalue weighted by Gasteiger charge is -2.44. The second kappa shape index (κ2) is 9.13. The van der Waals surface area contributed by atoms with Gasteiger partial charge in [0.2, 0.25) is 5.91 Å². The summed E-state index contributed by atoms with van der Waals surface area (Å²) in [6.07, 6.45) is 6.66. The largest absolute Gasteiger partial charge is 0.351 e. The second-order valence-corrected chi connectivity index (χ2v) is 11.1. The fourth-order valence-electron chi connectivity index (χ4n) is 4.82. The summed E-state index contributed by atoms with van der Waals surface area (Å²) in [4.78, 5) is 29.2. The van der Waals surface area contributed by atoms with Crippen molar-refractivity contribution in [2.24, 2.45) is 0 Å². The molecule has 1 unspecified atom stereocenters. The average Bonchev–Trinajstić information content (AvgIpc) is 3.02. The molecular weight excluding hydrogens is 436 g/mol. The van der Waals surface area contributed by atoms with E-state index in [1.54, 1.807) is 9.58 Å². The molecule has 0 spiro atoms. The molecule has 1 N–H and O–H groups in total. The van der Waals surface area contributed by atoms with Crippen molar-refractivity contribution in [3.8, 4) is 0 Å². The maximum atomic E-state index is 13.8. The first-order valence-corrected chi connectivity index (χ1v) is 12.4. The number of carbonyl (C=O) groups is 2. The molecule has 33 heavy (non-hydrogen) atoms. The molecule has 1 atom stereocenters. The van der Waals surface area contributed by atoms with Gasteiger partial charge < -0.3 is 10.2 Å². The van der Waals surface area contributed by atoms with Gasteiger partial charge in [-0.15, -0.1) is 0 Å². The van der Waals surface area contributed by atoms with Gasteiger partial charge >= 0.3 is 0 Å². The third-order valence-electron chi connectivity index (χ3n) is 7.03. The van der Waals surface area contributed by atoms with Crippen molar-refractivity contribution < 1.29 is 9.59 Å². The fourth-order valence-corrected chi connectivity index (χ4v) is 5.01. The highest BCUT2D eigenvalue weighted by molar-refractivity contribution is 6.31. The summed E-state index contributed by atoms with van der Waals surface area (Å²) < 4.78 is 1.72. The van der Waals surface area contributed by atoms with Crippen molar-refractivity contribution in [2.45, 2.75) is 96.3 Å². The van der Waals surface area contributed by atoms with E-state index in [0.717, 1.165) is 36.9 Å². The van der Waals surface area contributed by atoms with Gasteiger partial charge in [-0.05, 0) is 37.5 Å². The molecule has 2 aliphatic rings. The van der Waals surface area contributed by atoms with Gasteiger partial charge in [0.1, 0.15) is 11.2 Å². The van der Waals surface area contributed by atoms with Crippen molar-refractivity contribution in [3.63, 3.8) is 0 Å². The highest BCUT2D eigenvalue weighted by Gasteiger charge is 2.48. The third-order valence-corrected chi connectivity index (χ3v) is 7.40. The standard InChI is InChI=1S/C26H35ClN4O2/c1-25(2,3)22-15-21-23(32)30(16-18-11-9-10-14-20(18)27)26(4,17-31(21)29-22)24(33)28-19-12-7-5-6-8-13-19/h9-11,14-15,19H,5-8,12-13,16-17H2,1-4H3,(H,28,33). The molecule has 1 fully saturated rings. The number of hydrogen-bond donors (Lipinski definition) is 1. The summed E-state index contributed by atoms with van der Waals surface area (Å²) in [5.41, 5.74) is 0.919. The number of nitrogens with zero attached hydrogens (tertiary/aromatic N) is 3. The maximum absolute atomic E-state index is 13.8. The summed E-state index contributed by atoms with van der Waals surface area (Å²) in [7, 11) is 0. The molecule has 0 radical (unpaired) electrons. The predicted octanol–water partition coefficient (Wildman–Crippen LogP) is 5.09.